The molecule has 1 aliphatic rings. The fraction of sp³-hybridized carbons (Fsp3) is 0.429. The van der Waals surface area contributed by atoms with Crippen molar-refractivity contribution >= 4 is 0 Å². The van der Waals surface area contributed by atoms with E-state index < -0.39 is 0 Å². The van der Waals surface area contributed by atoms with Crippen LogP contribution >= 0.6 is 0 Å². The third-order valence-electron chi connectivity index (χ3n) is 3.31. The van der Waals surface area contributed by atoms with E-state index in [2.05, 4.69) is 34.1 Å². The second-order valence-corrected chi connectivity index (χ2v) is 5.03. The minimum atomic E-state index is 0.394. The monoisotopic (exact) mass is 255 g/mol. The van der Waals surface area contributed by atoms with E-state index in [0.717, 1.165) is 36.6 Å². The van der Waals surface area contributed by atoms with Gasteiger partial charge in [0.25, 0.3) is 0 Å². The van der Waals surface area contributed by atoms with E-state index in [0.29, 0.717) is 11.7 Å². The lowest BCUT2D eigenvalue weighted by molar-refractivity contribution is 0.609. The van der Waals surface area contributed by atoms with Gasteiger partial charge in [-0.05, 0) is 24.4 Å². The van der Waals surface area contributed by atoms with Gasteiger partial charge in [-0.25, -0.2) is 15.0 Å². The molecule has 2 aromatic rings. The molecule has 0 saturated carbocycles. The van der Waals surface area contributed by atoms with Crippen LogP contribution < -0.4 is 5.32 Å². The van der Waals surface area contributed by atoms with Crippen molar-refractivity contribution in [3.05, 3.63) is 35.5 Å². The fourth-order valence-electron chi connectivity index (χ4n) is 2.40. The molecule has 0 bridgehead atoms. The summed E-state index contributed by atoms with van der Waals surface area (Å²) in [7, 11) is 0. The van der Waals surface area contributed by atoms with Crippen LogP contribution in [0, 0.1) is 0 Å². The van der Waals surface area contributed by atoms with Crippen molar-refractivity contribution in [1.29, 1.82) is 0 Å². The van der Waals surface area contributed by atoms with E-state index in [1.54, 1.807) is 18.6 Å². The number of aromatic nitrogens is 4. The fourth-order valence-corrected chi connectivity index (χ4v) is 2.40. The number of nitrogens with one attached hydrogen (secondary N) is 1. The molecule has 0 aliphatic carbocycles. The first-order valence-corrected chi connectivity index (χ1v) is 6.62. The topological polar surface area (TPSA) is 63.6 Å². The number of hydrogen-bond donors (Lipinski definition) is 1. The van der Waals surface area contributed by atoms with Gasteiger partial charge in [-0.1, -0.05) is 13.8 Å². The molecule has 3 heterocycles. The molecule has 2 aromatic heterocycles. The van der Waals surface area contributed by atoms with Crippen LogP contribution in [0.15, 0.2) is 18.6 Å². The number of hydrogen-bond acceptors (Lipinski definition) is 5. The van der Waals surface area contributed by atoms with Gasteiger partial charge in [0, 0.05) is 18.9 Å². The van der Waals surface area contributed by atoms with Gasteiger partial charge in [0.15, 0.2) is 5.82 Å². The number of fused-ring (bicyclic) bond motifs is 1. The first-order chi connectivity index (χ1) is 9.25. The Kier molecular flexibility index (Phi) is 3.21. The zero-order valence-corrected chi connectivity index (χ0v) is 11.2. The van der Waals surface area contributed by atoms with E-state index in [1.807, 2.05) is 0 Å². The number of nitrogens with zero attached hydrogens (tertiary/aromatic N) is 4. The number of rotatable bonds is 2. The third-order valence-corrected chi connectivity index (χ3v) is 3.31. The van der Waals surface area contributed by atoms with Gasteiger partial charge in [0.2, 0.25) is 0 Å². The summed E-state index contributed by atoms with van der Waals surface area (Å²) in [5.74, 6) is 1.07. The average molecular weight is 255 g/mol. The van der Waals surface area contributed by atoms with E-state index in [4.69, 9.17) is 4.98 Å². The molecule has 0 aromatic carbocycles. The summed E-state index contributed by atoms with van der Waals surface area (Å²) in [6.45, 7) is 6.15. The first kappa shape index (κ1) is 12.2. The summed E-state index contributed by atoms with van der Waals surface area (Å²) in [5.41, 5.74) is 4.29. The maximum absolute atomic E-state index is 4.71. The summed E-state index contributed by atoms with van der Waals surface area (Å²) < 4.78 is 0. The van der Waals surface area contributed by atoms with Crippen LogP contribution in [0.25, 0.3) is 11.5 Å². The molecule has 0 fully saturated rings. The molecule has 1 N–H and O–H groups in total. The highest BCUT2D eigenvalue weighted by atomic mass is 15.0. The van der Waals surface area contributed by atoms with E-state index in [1.165, 1.54) is 5.56 Å². The van der Waals surface area contributed by atoms with Crippen molar-refractivity contribution in [3.8, 4) is 11.5 Å². The highest BCUT2D eigenvalue weighted by Gasteiger charge is 2.20. The Balaban J connectivity index is 2.14. The summed E-state index contributed by atoms with van der Waals surface area (Å²) in [4.78, 5) is 17.7. The van der Waals surface area contributed by atoms with Crippen LogP contribution in [-0.4, -0.2) is 26.5 Å². The van der Waals surface area contributed by atoms with Crippen LogP contribution in [0.2, 0.25) is 0 Å². The minimum absolute atomic E-state index is 0.394. The van der Waals surface area contributed by atoms with Gasteiger partial charge in [-0.3, -0.25) is 4.98 Å². The Morgan fingerprint density at radius 3 is 2.84 bits per heavy atom. The van der Waals surface area contributed by atoms with Crippen molar-refractivity contribution in [2.75, 3.05) is 6.54 Å². The molecule has 0 amide bonds. The lowest BCUT2D eigenvalue weighted by Gasteiger charge is -2.21. The second-order valence-electron chi connectivity index (χ2n) is 5.03. The van der Waals surface area contributed by atoms with Crippen molar-refractivity contribution < 1.29 is 0 Å². The van der Waals surface area contributed by atoms with Crippen LogP contribution in [0.1, 0.15) is 36.7 Å². The van der Waals surface area contributed by atoms with Crippen molar-refractivity contribution in [3.63, 3.8) is 0 Å². The minimum Gasteiger partial charge on any atom is -0.311 e. The van der Waals surface area contributed by atoms with Crippen molar-refractivity contribution in [2.45, 2.75) is 32.7 Å². The highest BCUT2D eigenvalue weighted by Crippen LogP contribution is 2.25. The molecule has 1 aliphatic heterocycles. The largest absolute Gasteiger partial charge is 0.311 e. The summed E-state index contributed by atoms with van der Waals surface area (Å²) >= 11 is 0. The van der Waals surface area contributed by atoms with Gasteiger partial charge in [-0.2, -0.15) is 0 Å². The molecular weight excluding hydrogens is 238 g/mol. The van der Waals surface area contributed by atoms with E-state index >= 15 is 0 Å². The molecule has 5 nitrogen and oxygen atoms in total. The SMILES string of the molecule is CC(C)c1nc(-c2cnccn2)nc2c1CCNC2. The summed E-state index contributed by atoms with van der Waals surface area (Å²) in [6.07, 6.45) is 6.05. The molecular formula is C14H17N5. The normalized spacial score (nSPS) is 14.5. The second kappa shape index (κ2) is 5.01. The van der Waals surface area contributed by atoms with Gasteiger partial charge < -0.3 is 5.32 Å². The van der Waals surface area contributed by atoms with E-state index in [-0.39, 0.29) is 0 Å². The Bertz CT molecular complexity index is 580. The Labute approximate surface area is 112 Å². The highest BCUT2D eigenvalue weighted by molar-refractivity contribution is 5.49. The zero-order valence-electron chi connectivity index (χ0n) is 11.2. The lowest BCUT2D eigenvalue weighted by Crippen LogP contribution is -2.27. The molecule has 0 radical (unpaired) electrons. The molecule has 19 heavy (non-hydrogen) atoms. The molecule has 0 unspecified atom stereocenters. The lowest BCUT2D eigenvalue weighted by atomic mass is 9.97. The van der Waals surface area contributed by atoms with Crippen LogP contribution in [-0.2, 0) is 13.0 Å². The zero-order chi connectivity index (χ0) is 13.2. The van der Waals surface area contributed by atoms with Crippen LogP contribution in [0.4, 0.5) is 0 Å². The smallest absolute Gasteiger partial charge is 0.180 e. The van der Waals surface area contributed by atoms with Crippen LogP contribution in [0.5, 0.6) is 0 Å². The molecule has 3 rings (SSSR count). The Hall–Kier alpha value is -1.88. The summed E-state index contributed by atoms with van der Waals surface area (Å²) in [5, 5.41) is 3.36. The van der Waals surface area contributed by atoms with Crippen LogP contribution in [0.3, 0.4) is 0 Å². The van der Waals surface area contributed by atoms with Gasteiger partial charge in [0.1, 0.15) is 5.69 Å². The Morgan fingerprint density at radius 2 is 2.11 bits per heavy atom. The van der Waals surface area contributed by atoms with Gasteiger partial charge in [-0.15, -0.1) is 0 Å². The molecule has 5 heteroatoms. The maximum atomic E-state index is 4.71. The average Bonchev–Trinajstić information content (AvgIpc) is 2.47. The Morgan fingerprint density at radius 1 is 1.21 bits per heavy atom. The van der Waals surface area contributed by atoms with Crippen molar-refractivity contribution in [1.82, 2.24) is 25.3 Å². The van der Waals surface area contributed by atoms with Crippen molar-refractivity contribution in [2.24, 2.45) is 0 Å². The predicted molar refractivity (Wildman–Crippen MR) is 72.6 cm³/mol. The first-order valence-electron chi connectivity index (χ1n) is 6.62. The molecule has 98 valence electrons. The molecule has 0 atom stereocenters. The summed E-state index contributed by atoms with van der Waals surface area (Å²) in [6, 6.07) is 0. The maximum Gasteiger partial charge on any atom is 0.180 e. The predicted octanol–water partition coefficient (Wildman–Crippen LogP) is 1.70. The standard InChI is InChI=1S/C14H17N5/c1-9(2)13-10-3-4-15-7-11(10)18-14(19-13)12-8-16-5-6-17-12/h5-6,8-9,15H,3-4,7H2,1-2H3. The quantitative estimate of drug-likeness (QED) is 0.885. The van der Waals surface area contributed by atoms with E-state index in [9.17, 15) is 0 Å². The molecule has 0 saturated heterocycles. The third kappa shape index (κ3) is 2.33. The van der Waals surface area contributed by atoms with Gasteiger partial charge >= 0.3 is 0 Å². The molecule has 0 spiro atoms. The van der Waals surface area contributed by atoms with Gasteiger partial charge in [0.05, 0.1) is 17.6 Å².